The molecule has 0 radical (unpaired) electrons. The van der Waals surface area contributed by atoms with Crippen molar-refractivity contribution in [3.63, 3.8) is 0 Å². The van der Waals surface area contributed by atoms with E-state index in [4.69, 9.17) is 0 Å². The van der Waals surface area contributed by atoms with Crippen molar-refractivity contribution in [2.24, 2.45) is 0 Å². The number of rotatable bonds is 5. The van der Waals surface area contributed by atoms with Gasteiger partial charge in [0, 0.05) is 28.7 Å². The van der Waals surface area contributed by atoms with Crippen LogP contribution in [0, 0.1) is 0 Å². The first-order valence-electron chi connectivity index (χ1n) is 10.6. The van der Waals surface area contributed by atoms with E-state index in [1.165, 1.54) is 30.6 Å². The third-order valence-corrected chi connectivity index (χ3v) is 5.02. The molecule has 37 heavy (non-hydrogen) atoms. The molecule has 4 aromatic rings. The number of benzene rings is 3. The molecule has 6 nitrogen and oxygen atoms in total. The molecular weight excluding hydrogens is 500 g/mol. The van der Waals surface area contributed by atoms with Crippen LogP contribution in [0.4, 0.5) is 54.0 Å². The van der Waals surface area contributed by atoms with Gasteiger partial charge in [-0.2, -0.15) is 26.3 Å². The fourth-order valence-electron chi connectivity index (χ4n) is 3.30. The summed E-state index contributed by atoms with van der Waals surface area (Å²) >= 11 is 0. The van der Waals surface area contributed by atoms with Gasteiger partial charge in [-0.05, 0) is 48.5 Å². The zero-order chi connectivity index (χ0) is 26.6. The van der Waals surface area contributed by atoms with E-state index >= 15 is 0 Å². The largest absolute Gasteiger partial charge is 0.416 e. The highest BCUT2D eigenvalue weighted by atomic mass is 19.4. The maximum atomic E-state index is 12.9. The Balaban J connectivity index is 1.42. The number of carbonyl (C=O) groups excluding carboxylic acids is 1. The highest BCUT2D eigenvalue weighted by molar-refractivity contribution is 5.99. The molecule has 0 fully saturated rings. The number of nitrogens with one attached hydrogen (secondary N) is 3. The number of amides is 2. The molecule has 4 rings (SSSR count). The number of halogens is 6. The first-order chi connectivity index (χ1) is 17.5. The standard InChI is InChI=1S/C25H17F6N5O/c26-24(27,28)16-3-1-5-19(11-16)34-22-13-21(32-14-33-22)15-7-9-18(10-8-15)35-23(37)36-20-6-2-4-17(12-20)25(29,30)31/h1-14H,(H,32,33,34)(H2,35,36,37). The fourth-order valence-corrected chi connectivity index (χ4v) is 3.30. The van der Waals surface area contributed by atoms with Gasteiger partial charge in [-0.25, -0.2) is 14.8 Å². The number of urea groups is 1. The van der Waals surface area contributed by atoms with Crippen LogP contribution in [-0.4, -0.2) is 16.0 Å². The van der Waals surface area contributed by atoms with Crippen LogP contribution < -0.4 is 16.0 Å². The van der Waals surface area contributed by atoms with E-state index in [0.717, 1.165) is 24.3 Å². The summed E-state index contributed by atoms with van der Waals surface area (Å²) in [6.07, 6.45) is -7.76. The lowest BCUT2D eigenvalue weighted by Gasteiger charge is -2.12. The van der Waals surface area contributed by atoms with Gasteiger partial charge in [0.05, 0.1) is 16.8 Å². The maximum absolute atomic E-state index is 12.9. The second kappa shape index (κ2) is 10.2. The molecular formula is C25H17F6N5O. The predicted molar refractivity (Wildman–Crippen MR) is 126 cm³/mol. The van der Waals surface area contributed by atoms with Crippen LogP contribution in [0.5, 0.6) is 0 Å². The van der Waals surface area contributed by atoms with Crippen LogP contribution in [-0.2, 0) is 12.4 Å². The molecule has 0 aliphatic carbocycles. The van der Waals surface area contributed by atoms with Crippen molar-refractivity contribution in [2.75, 3.05) is 16.0 Å². The summed E-state index contributed by atoms with van der Waals surface area (Å²) in [6.45, 7) is 0. The Morgan fingerprint density at radius 1 is 0.649 bits per heavy atom. The zero-order valence-corrected chi connectivity index (χ0v) is 18.7. The lowest BCUT2D eigenvalue weighted by Crippen LogP contribution is -2.19. The van der Waals surface area contributed by atoms with Crippen LogP contribution in [0.2, 0.25) is 0 Å². The van der Waals surface area contributed by atoms with Gasteiger partial charge in [0.1, 0.15) is 12.1 Å². The average molecular weight is 517 g/mol. The van der Waals surface area contributed by atoms with E-state index in [9.17, 15) is 31.1 Å². The number of nitrogens with zero attached hydrogens (tertiary/aromatic N) is 2. The normalized spacial score (nSPS) is 11.6. The first-order valence-corrected chi connectivity index (χ1v) is 10.6. The van der Waals surface area contributed by atoms with Crippen LogP contribution in [0.3, 0.4) is 0 Å². The molecule has 0 saturated heterocycles. The summed E-state index contributed by atoms with van der Waals surface area (Å²) in [7, 11) is 0. The minimum Gasteiger partial charge on any atom is -0.340 e. The van der Waals surface area contributed by atoms with Crippen LogP contribution in [0.25, 0.3) is 11.3 Å². The van der Waals surface area contributed by atoms with Crippen molar-refractivity contribution < 1.29 is 31.1 Å². The molecule has 0 spiro atoms. The predicted octanol–water partition coefficient (Wildman–Crippen LogP) is 7.57. The molecule has 0 unspecified atom stereocenters. The zero-order valence-electron chi connectivity index (χ0n) is 18.7. The molecule has 2 amide bonds. The van der Waals surface area contributed by atoms with Gasteiger partial charge in [-0.1, -0.05) is 24.3 Å². The number of carbonyl (C=O) groups is 1. The third-order valence-electron chi connectivity index (χ3n) is 5.02. The Labute approximate surface area is 206 Å². The highest BCUT2D eigenvalue weighted by Gasteiger charge is 2.31. The first kappa shape index (κ1) is 25.5. The highest BCUT2D eigenvalue weighted by Crippen LogP contribution is 2.32. The molecule has 0 saturated carbocycles. The average Bonchev–Trinajstić information content (AvgIpc) is 2.84. The summed E-state index contributed by atoms with van der Waals surface area (Å²) < 4.78 is 77.4. The van der Waals surface area contributed by atoms with Crippen molar-refractivity contribution in [2.45, 2.75) is 12.4 Å². The van der Waals surface area contributed by atoms with Gasteiger partial charge in [-0.15, -0.1) is 0 Å². The minimum atomic E-state index is -4.53. The molecule has 1 aromatic heterocycles. The van der Waals surface area contributed by atoms with Crippen molar-refractivity contribution in [1.29, 1.82) is 0 Å². The Morgan fingerprint density at radius 3 is 1.84 bits per heavy atom. The minimum absolute atomic E-state index is 0.0225. The lowest BCUT2D eigenvalue weighted by molar-refractivity contribution is -0.138. The molecule has 0 aliphatic heterocycles. The third kappa shape index (κ3) is 6.75. The summed E-state index contributed by atoms with van der Waals surface area (Å²) in [5.74, 6) is 0.270. The SMILES string of the molecule is O=C(Nc1ccc(-c2cc(Nc3cccc(C(F)(F)F)c3)ncn2)cc1)Nc1cccc(C(F)(F)F)c1. The number of hydrogen-bond donors (Lipinski definition) is 3. The summed E-state index contributed by atoms with van der Waals surface area (Å²) in [5, 5.41) is 7.68. The van der Waals surface area contributed by atoms with Gasteiger partial charge in [0.15, 0.2) is 0 Å². The quantitative estimate of drug-likeness (QED) is 0.239. The topological polar surface area (TPSA) is 78.9 Å². The molecule has 0 aliphatic rings. The summed E-state index contributed by atoms with van der Waals surface area (Å²) in [5.41, 5.74) is -0.0581. The van der Waals surface area contributed by atoms with Gasteiger partial charge >= 0.3 is 18.4 Å². The number of hydrogen-bond acceptors (Lipinski definition) is 4. The van der Waals surface area contributed by atoms with Crippen LogP contribution in [0.15, 0.2) is 85.2 Å². The van der Waals surface area contributed by atoms with Crippen LogP contribution >= 0.6 is 0 Å². The number of aromatic nitrogens is 2. The second-order valence-corrected chi connectivity index (χ2v) is 7.73. The van der Waals surface area contributed by atoms with E-state index in [1.54, 1.807) is 30.3 Å². The Morgan fingerprint density at radius 2 is 1.22 bits per heavy atom. The monoisotopic (exact) mass is 517 g/mol. The van der Waals surface area contributed by atoms with E-state index in [1.807, 2.05) is 0 Å². The Kier molecular flexibility index (Phi) is 7.00. The van der Waals surface area contributed by atoms with Gasteiger partial charge in [0.2, 0.25) is 0 Å². The number of anilines is 4. The van der Waals surface area contributed by atoms with Gasteiger partial charge in [-0.3, -0.25) is 0 Å². The summed E-state index contributed by atoms with van der Waals surface area (Å²) in [4.78, 5) is 20.4. The lowest BCUT2D eigenvalue weighted by atomic mass is 10.1. The van der Waals surface area contributed by atoms with E-state index in [2.05, 4.69) is 25.9 Å². The smallest absolute Gasteiger partial charge is 0.340 e. The Hall–Kier alpha value is -4.61. The molecule has 1 heterocycles. The molecule has 12 heteroatoms. The van der Waals surface area contributed by atoms with Gasteiger partial charge < -0.3 is 16.0 Å². The summed E-state index contributed by atoms with van der Waals surface area (Å²) in [6, 6.07) is 16.1. The molecule has 0 bridgehead atoms. The number of alkyl halides is 6. The Bertz CT molecular complexity index is 1400. The fraction of sp³-hybridized carbons (Fsp3) is 0.0800. The van der Waals surface area contributed by atoms with Crippen molar-refractivity contribution >= 4 is 28.9 Å². The molecule has 190 valence electrons. The van der Waals surface area contributed by atoms with Crippen LogP contribution in [0.1, 0.15) is 11.1 Å². The van der Waals surface area contributed by atoms with Gasteiger partial charge in [0.25, 0.3) is 0 Å². The van der Waals surface area contributed by atoms with E-state index < -0.39 is 29.5 Å². The van der Waals surface area contributed by atoms with Crippen molar-refractivity contribution in [3.05, 3.63) is 96.3 Å². The maximum Gasteiger partial charge on any atom is 0.416 e. The van der Waals surface area contributed by atoms with Crippen molar-refractivity contribution in [3.8, 4) is 11.3 Å². The van der Waals surface area contributed by atoms with E-state index in [-0.39, 0.29) is 17.2 Å². The molecule has 0 atom stereocenters. The molecule has 3 N–H and O–H groups in total. The second-order valence-electron chi connectivity index (χ2n) is 7.73. The molecule has 3 aromatic carbocycles. The van der Waals surface area contributed by atoms with E-state index in [0.29, 0.717) is 16.9 Å². The van der Waals surface area contributed by atoms with Crippen molar-refractivity contribution in [1.82, 2.24) is 9.97 Å².